The first kappa shape index (κ1) is 9.66. The van der Waals surface area contributed by atoms with Gasteiger partial charge >= 0.3 is 0 Å². The summed E-state index contributed by atoms with van der Waals surface area (Å²) in [5.41, 5.74) is 0.587. The average Bonchev–Trinajstić information content (AvgIpc) is 2.47. The number of rotatable bonds is 3. The van der Waals surface area contributed by atoms with Crippen LogP contribution in [0, 0.1) is 6.92 Å². The van der Waals surface area contributed by atoms with Crippen molar-refractivity contribution in [2.75, 3.05) is 6.54 Å². The first-order valence-electron chi connectivity index (χ1n) is 3.86. The molecule has 1 rings (SSSR count). The van der Waals surface area contributed by atoms with Crippen molar-refractivity contribution in [3.63, 3.8) is 0 Å². The second-order valence-electron chi connectivity index (χ2n) is 2.76. The first-order chi connectivity index (χ1) is 6.11. The summed E-state index contributed by atoms with van der Waals surface area (Å²) in [6.45, 7) is 3.38. The van der Waals surface area contributed by atoms with Gasteiger partial charge in [0, 0.05) is 6.54 Å². The normalized spacial score (nSPS) is 12.5. The molecule has 1 aromatic rings. The lowest BCUT2D eigenvalue weighted by Gasteiger charge is -2.04. The number of nitrogens with one attached hydrogen (secondary N) is 1. The lowest BCUT2D eigenvalue weighted by Crippen LogP contribution is -2.31. The lowest BCUT2D eigenvalue weighted by atomic mass is 10.3. The van der Waals surface area contributed by atoms with Crippen LogP contribution in [0.3, 0.4) is 0 Å². The quantitative estimate of drug-likeness (QED) is 0.662. The van der Waals surface area contributed by atoms with E-state index >= 15 is 0 Å². The van der Waals surface area contributed by atoms with Crippen molar-refractivity contribution >= 4 is 5.91 Å². The summed E-state index contributed by atoms with van der Waals surface area (Å²) in [6.07, 6.45) is -0.580. The number of carbonyl (C=O) groups excluding carboxylic acids is 1. The minimum Gasteiger partial charge on any atom is -0.392 e. The third-order valence-electron chi connectivity index (χ3n) is 1.43. The molecular weight excluding hydrogens is 174 g/mol. The zero-order chi connectivity index (χ0) is 9.84. The molecule has 1 aromatic heterocycles. The lowest BCUT2D eigenvalue weighted by molar-refractivity contribution is 0.0914. The number of aromatic nitrogens is 2. The second kappa shape index (κ2) is 3.99. The van der Waals surface area contributed by atoms with E-state index in [9.17, 15) is 4.79 Å². The van der Waals surface area contributed by atoms with E-state index in [1.54, 1.807) is 13.8 Å². The van der Waals surface area contributed by atoms with Gasteiger partial charge in [0.15, 0.2) is 5.69 Å². The molecule has 0 bridgehead atoms. The Morgan fingerprint density at radius 3 is 2.85 bits per heavy atom. The van der Waals surface area contributed by atoms with Crippen LogP contribution in [0.1, 0.15) is 23.1 Å². The molecule has 0 radical (unpaired) electrons. The molecule has 6 nitrogen and oxygen atoms in total. The molecule has 0 fully saturated rings. The molecule has 0 aliphatic carbocycles. The van der Waals surface area contributed by atoms with E-state index in [0.717, 1.165) is 0 Å². The second-order valence-corrected chi connectivity index (χ2v) is 2.76. The number of hydrogen-bond donors (Lipinski definition) is 2. The number of nitrogens with zero attached hydrogens (tertiary/aromatic N) is 2. The third kappa shape index (κ3) is 2.51. The monoisotopic (exact) mass is 185 g/mol. The fourth-order valence-corrected chi connectivity index (χ4v) is 0.762. The maximum Gasteiger partial charge on any atom is 0.275 e. The summed E-state index contributed by atoms with van der Waals surface area (Å²) >= 11 is 0. The Balaban J connectivity index is 2.54. The number of aliphatic hydroxyl groups is 1. The van der Waals surface area contributed by atoms with Crippen molar-refractivity contribution < 1.29 is 14.5 Å². The van der Waals surface area contributed by atoms with Crippen molar-refractivity contribution in [3.8, 4) is 0 Å². The third-order valence-corrected chi connectivity index (χ3v) is 1.43. The molecule has 0 aromatic carbocycles. The standard InChI is InChI=1S/C7H11N3O3/c1-4(11)3-8-7(12)6-5(2)9-13-10-6/h4,11H,3H2,1-2H3,(H,8,12). The van der Waals surface area contributed by atoms with Crippen LogP contribution in [0.2, 0.25) is 0 Å². The molecule has 2 N–H and O–H groups in total. The fourth-order valence-electron chi connectivity index (χ4n) is 0.762. The predicted octanol–water partition coefficient (Wildman–Crippen LogP) is -0.511. The van der Waals surface area contributed by atoms with Crippen LogP contribution in [0.25, 0.3) is 0 Å². The molecule has 72 valence electrons. The molecule has 13 heavy (non-hydrogen) atoms. The summed E-state index contributed by atoms with van der Waals surface area (Å²) < 4.78 is 4.35. The van der Waals surface area contributed by atoms with Gasteiger partial charge in [-0.2, -0.15) is 0 Å². The molecule has 0 aliphatic heterocycles. The summed E-state index contributed by atoms with van der Waals surface area (Å²) in [4.78, 5) is 11.2. The number of aliphatic hydroxyl groups excluding tert-OH is 1. The van der Waals surface area contributed by atoms with E-state index in [1.165, 1.54) is 0 Å². The van der Waals surface area contributed by atoms with Gasteiger partial charge in [0.05, 0.1) is 6.10 Å². The molecule has 6 heteroatoms. The number of hydrogen-bond acceptors (Lipinski definition) is 5. The minimum atomic E-state index is -0.580. The molecular formula is C7H11N3O3. The highest BCUT2D eigenvalue weighted by molar-refractivity contribution is 5.92. The smallest absolute Gasteiger partial charge is 0.275 e. The molecule has 1 atom stereocenters. The highest BCUT2D eigenvalue weighted by Crippen LogP contribution is 1.99. The summed E-state index contributed by atoms with van der Waals surface area (Å²) in [7, 11) is 0. The zero-order valence-corrected chi connectivity index (χ0v) is 7.44. The number of carbonyl (C=O) groups is 1. The van der Waals surface area contributed by atoms with Crippen molar-refractivity contribution in [1.82, 2.24) is 15.6 Å². The van der Waals surface area contributed by atoms with Crippen LogP contribution in [0.15, 0.2) is 4.63 Å². The topological polar surface area (TPSA) is 88.2 Å². The van der Waals surface area contributed by atoms with Gasteiger partial charge in [0.25, 0.3) is 5.91 Å². The Morgan fingerprint density at radius 2 is 2.38 bits per heavy atom. The van der Waals surface area contributed by atoms with Crippen LogP contribution < -0.4 is 5.32 Å². The van der Waals surface area contributed by atoms with Gasteiger partial charge in [-0.15, -0.1) is 0 Å². The van der Waals surface area contributed by atoms with Crippen molar-refractivity contribution in [2.24, 2.45) is 0 Å². The van der Waals surface area contributed by atoms with Gasteiger partial charge in [-0.1, -0.05) is 5.16 Å². The van der Waals surface area contributed by atoms with E-state index < -0.39 is 6.10 Å². The predicted molar refractivity (Wildman–Crippen MR) is 43.0 cm³/mol. The molecule has 0 spiro atoms. The molecule has 1 heterocycles. The van der Waals surface area contributed by atoms with E-state index in [4.69, 9.17) is 5.11 Å². The van der Waals surface area contributed by atoms with Crippen molar-refractivity contribution in [3.05, 3.63) is 11.4 Å². The van der Waals surface area contributed by atoms with E-state index in [0.29, 0.717) is 5.69 Å². The summed E-state index contributed by atoms with van der Waals surface area (Å²) in [5.74, 6) is -0.389. The summed E-state index contributed by atoms with van der Waals surface area (Å²) in [6, 6.07) is 0. The van der Waals surface area contributed by atoms with Crippen LogP contribution in [-0.2, 0) is 0 Å². The molecule has 1 unspecified atom stereocenters. The minimum absolute atomic E-state index is 0.153. The van der Waals surface area contributed by atoms with Crippen LogP contribution >= 0.6 is 0 Å². The maximum absolute atomic E-state index is 11.2. The van der Waals surface area contributed by atoms with Gasteiger partial charge in [-0.3, -0.25) is 4.79 Å². The zero-order valence-electron chi connectivity index (χ0n) is 7.44. The highest BCUT2D eigenvalue weighted by atomic mass is 16.6. The maximum atomic E-state index is 11.2. The van der Waals surface area contributed by atoms with Gasteiger partial charge < -0.3 is 10.4 Å². The van der Waals surface area contributed by atoms with Crippen LogP contribution in [-0.4, -0.2) is 34.0 Å². The van der Waals surface area contributed by atoms with E-state index in [2.05, 4.69) is 20.3 Å². The Labute approximate surface area is 74.9 Å². The molecule has 0 saturated heterocycles. The Kier molecular flexibility index (Phi) is 2.97. The van der Waals surface area contributed by atoms with Crippen molar-refractivity contribution in [1.29, 1.82) is 0 Å². The van der Waals surface area contributed by atoms with E-state index in [-0.39, 0.29) is 18.1 Å². The summed E-state index contributed by atoms with van der Waals surface area (Å²) in [5, 5.41) is 18.2. The fraction of sp³-hybridized carbons (Fsp3) is 0.571. The molecule has 1 amide bonds. The Morgan fingerprint density at radius 1 is 1.69 bits per heavy atom. The Bertz CT molecular complexity index is 295. The number of aryl methyl sites for hydroxylation is 1. The first-order valence-corrected chi connectivity index (χ1v) is 3.86. The molecule has 0 aliphatic rings. The van der Waals surface area contributed by atoms with Gasteiger partial charge in [0.2, 0.25) is 0 Å². The highest BCUT2D eigenvalue weighted by Gasteiger charge is 2.14. The number of amides is 1. The van der Waals surface area contributed by atoms with Gasteiger partial charge in [0.1, 0.15) is 5.69 Å². The molecule has 0 saturated carbocycles. The van der Waals surface area contributed by atoms with E-state index in [1.807, 2.05) is 0 Å². The van der Waals surface area contributed by atoms with Gasteiger partial charge in [-0.05, 0) is 19.0 Å². The largest absolute Gasteiger partial charge is 0.392 e. The van der Waals surface area contributed by atoms with Crippen LogP contribution in [0.4, 0.5) is 0 Å². The van der Waals surface area contributed by atoms with Crippen LogP contribution in [0.5, 0.6) is 0 Å². The van der Waals surface area contributed by atoms with Gasteiger partial charge in [-0.25, -0.2) is 4.63 Å². The SMILES string of the molecule is Cc1nonc1C(=O)NCC(C)O. The Hall–Kier alpha value is -1.43. The average molecular weight is 185 g/mol. The van der Waals surface area contributed by atoms with Crippen molar-refractivity contribution in [2.45, 2.75) is 20.0 Å².